The van der Waals surface area contributed by atoms with Crippen LogP contribution in [0.15, 0.2) is 18.5 Å². The van der Waals surface area contributed by atoms with Gasteiger partial charge >= 0.3 is 0 Å². The van der Waals surface area contributed by atoms with E-state index >= 15 is 0 Å². The van der Waals surface area contributed by atoms with Gasteiger partial charge in [0.15, 0.2) is 11.5 Å². The number of nitrogens with one attached hydrogen (secondary N) is 1. The maximum atomic E-state index is 6.56. The maximum Gasteiger partial charge on any atom is 0.255 e. The fourth-order valence-corrected chi connectivity index (χ4v) is 3.23. The molecule has 0 fully saturated rings. The van der Waals surface area contributed by atoms with Crippen LogP contribution in [0.3, 0.4) is 0 Å². The summed E-state index contributed by atoms with van der Waals surface area (Å²) in [5, 5.41) is 8.58. The monoisotopic (exact) mass is 407 g/mol. The lowest BCUT2D eigenvalue weighted by atomic mass is 9.88. The van der Waals surface area contributed by atoms with Gasteiger partial charge in [0.05, 0.1) is 10.6 Å². The lowest BCUT2D eigenvalue weighted by Crippen LogP contribution is -2.32. The third kappa shape index (κ3) is 3.15. The van der Waals surface area contributed by atoms with E-state index in [1.165, 1.54) is 6.33 Å². The average Bonchev–Trinajstić information content (AvgIpc) is 3.22. The van der Waals surface area contributed by atoms with Crippen molar-refractivity contribution >= 4 is 34.8 Å². The first-order chi connectivity index (χ1) is 12.8. The number of hydrogen-bond donors (Lipinski definition) is 1. The Hall–Kier alpha value is -2.25. The van der Waals surface area contributed by atoms with Gasteiger partial charge in [0, 0.05) is 17.7 Å². The quantitative estimate of drug-likeness (QED) is 0.635. The lowest BCUT2D eigenvalue weighted by Gasteiger charge is -2.30. The second-order valence-electron chi connectivity index (χ2n) is 7.52. The highest BCUT2D eigenvalue weighted by Gasteiger charge is 2.27. The first-order valence-corrected chi connectivity index (χ1v) is 9.26. The summed E-state index contributed by atoms with van der Waals surface area (Å²) in [4.78, 5) is 8.52. The van der Waals surface area contributed by atoms with E-state index < -0.39 is 0 Å². The van der Waals surface area contributed by atoms with Crippen molar-refractivity contribution in [2.24, 2.45) is 5.41 Å². The first kappa shape index (κ1) is 18.1. The molecule has 0 aliphatic carbocycles. The molecule has 9 heteroatoms. The number of benzene rings is 1. The van der Waals surface area contributed by atoms with E-state index in [0.717, 1.165) is 0 Å². The van der Waals surface area contributed by atoms with E-state index in [1.807, 2.05) is 6.07 Å². The molecule has 3 aromatic rings. The molecular formula is C18H19Cl2N5O2. The second-order valence-corrected chi connectivity index (χ2v) is 8.28. The van der Waals surface area contributed by atoms with Gasteiger partial charge in [-0.1, -0.05) is 44.0 Å². The number of ether oxygens (including phenoxy) is 2. The Balaban J connectivity index is 1.95. The fourth-order valence-electron chi connectivity index (χ4n) is 2.72. The third-order valence-electron chi connectivity index (χ3n) is 4.77. The highest BCUT2D eigenvalue weighted by molar-refractivity contribution is 6.36. The van der Waals surface area contributed by atoms with Crippen LogP contribution < -0.4 is 14.8 Å². The van der Waals surface area contributed by atoms with Crippen LogP contribution in [0.25, 0.3) is 16.9 Å². The van der Waals surface area contributed by atoms with Crippen LogP contribution >= 0.6 is 23.2 Å². The molecule has 4 rings (SSSR count). The van der Waals surface area contributed by atoms with Gasteiger partial charge in [-0.05, 0) is 18.4 Å². The van der Waals surface area contributed by atoms with Gasteiger partial charge in [-0.2, -0.15) is 19.6 Å². The summed E-state index contributed by atoms with van der Waals surface area (Å²) < 4.78 is 12.5. The zero-order valence-electron chi connectivity index (χ0n) is 15.4. The summed E-state index contributed by atoms with van der Waals surface area (Å²) in [5.74, 6) is 2.29. The van der Waals surface area contributed by atoms with E-state index in [1.54, 1.807) is 10.6 Å². The summed E-state index contributed by atoms with van der Waals surface area (Å²) in [6.07, 6.45) is 1.44. The van der Waals surface area contributed by atoms with Crippen LogP contribution in [0.4, 0.5) is 5.82 Å². The van der Waals surface area contributed by atoms with Gasteiger partial charge in [0.1, 0.15) is 17.3 Å². The molecule has 0 saturated heterocycles. The van der Waals surface area contributed by atoms with Crippen LogP contribution in [0.1, 0.15) is 27.7 Å². The number of hydrogen-bond acceptors (Lipinski definition) is 6. The number of anilines is 1. The first-order valence-electron chi connectivity index (χ1n) is 8.51. The van der Waals surface area contributed by atoms with E-state index in [9.17, 15) is 0 Å². The van der Waals surface area contributed by atoms with E-state index in [-0.39, 0.29) is 23.4 Å². The predicted molar refractivity (Wildman–Crippen MR) is 105 cm³/mol. The third-order valence-corrected chi connectivity index (χ3v) is 5.35. The van der Waals surface area contributed by atoms with Gasteiger partial charge in [0.25, 0.3) is 5.78 Å². The molecule has 1 aliphatic rings. The van der Waals surface area contributed by atoms with Crippen LogP contribution in [-0.2, 0) is 0 Å². The SMILES string of the molecule is C[C@@H](Nc1c(-c2cc3c(cc2Cl)OCO3)c(Cl)nc2ncnn12)C(C)(C)C. The molecule has 0 saturated carbocycles. The Morgan fingerprint density at radius 3 is 2.59 bits per heavy atom. The Morgan fingerprint density at radius 1 is 1.19 bits per heavy atom. The van der Waals surface area contributed by atoms with Gasteiger partial charge in [-0.25, -0.2) is 0 Å². The molecule has 3 heterocycles. The lowest BCUT2D eigenvalue weighted by molar-refractivity contribution is 0.174. The van der Waals surface area contributed by atoms with Gasteiger partial charge < -0.3 is 14.8 Å². The van der Waals surface area contributed by atoms with Crippen molar-refractivity contribution in [1.29, 1.82) is 0 Å². The fraction of sp³-hybridized carbons (Fsp3) is 0.389. The van der Waals surface area contributed by atoms with Crippen molar-refractivity contribution in [1.82, 2.24) is 19.6 Å². The minimum Gasteiger partial charge on any atom is -0.454 e. The number of halogens is 2. The molecule has 7 nitrogen and oxygen atoms in total. The van der Waals surface area contributed by atoms with E-state index in [2.05, 4.69) is 48.1 Å². The molecule has 1 N–H and O–H groups in total. The van der Waals surface area contributed by atoms with Crippen molar-refractivity contribution in [3.63, 3.8) is 0 Å². The van der Waals surface area contributed by atoms with Crippen LogP contribution in [-0.4, -0.2) is 32.4 Å². The molecule has 0 unspecified atom stereocenters. The average molecular weight is 408 g/mol. The zero-order valence-corrected chi connectivity index (χ0v) is 16.9. The maximum absolute atomic E-state index is 6.56. The molecule has 142 valence electrons. The molecule has 1 aliphatic heterocycles. The predicted octanol–water partition coefficient (Wildman–Crippen LogP) is 4.67. The summed E-state index contributed by atoms with van der Waals surface area (Å²) in [6.45, 7) is 8.72. The topological polar surface area (TPSA) is 73.6 Å². The summed E-state index contributed by atoms with van der Waals surface area (Å²) in [5.41, 5.74) is 1.31. The normalized spacial score (nSPS) is 14.6. The van der Waals surface area contributed by atoms with Gasteiger partial charge in [-0.3, -0.25) is 0 Å². The van der Waals surface area contributed by atoms with E-state index in [4.69, 9.17) is 32.7 Å². The second kappa shape index (κ2) is 6.42. The minimum absolute atomic E-state index is 0.00139. The highest BCUT2D eigenvalue weighted by Crippen LogP contribution is 2.45. The highest BCUT2D eigenvalue weighted by atomic mass is 35.5. The molecular weight excluding hydrogens is 389 g/mol. The van der Waals surface area contributed by atoms with Crippen LogP contribution in [0.2, 0.25) is 10.2 Å². The Kier molecular flexibility index (Phi) is 4.31. The Morgan fingerprint density at radius 2 is 1.89 bits per heavy atom. The van der Waals surface area contributed by atoms with Crippen molar-refractivity contribution in [3.8, 4) is 22.6 Å². The van der Waals surface area contributed by atoms with Crippen LogP contribution in [0, 0.1) is 5.41 Å². The number of rotatable bonds is 3. The smallest absolute Gasteiger partial charge is 0.255 e. The molecule has 27 heavy (non-hydrogen) atoms. The largest absolute Gasteiger partial charge is 0.454 e. The summed E-state index contributed by atoms with van der Waals surface area (Å²) in [6, 6.07) is 3.64. The summed E-state index contributed by atoms with van der Waals surface area (Å²) in [7, 11) is 0. The summed E-state index contributed by atoms with van der Waals surface area (Å²) >= 11 is 13.1. The Bertz CT molecular complexity index is 1030. The van der Waals surface area contributed by atoms with Gasteiger partial charge in [-0.15, -0.1) is 0 Å². The molecule has 0 bridgehead atoms. The molecule has 1 atom stereocenters. The molecule has 0 spiro atoms. The molecule has 2 aromatic heterocycles. The minimum atomic E-state index is -0.00139. The van der Waals surface area contributed by atoms with Crippen LogP contribution in [0.5, 0.6) is 11.5 Å². The molecule has 1 aromatic carbocycles. The van der Waals surface area contributed by atoms with E-state index in [0.29, 0.717) is 39.2 Å². The number of aromatic nitrogens is 4. The van der Waals surface area contributed by atoms with Gasteiger partial charge in [0.2, 0.25) is 6.79 Å². The van der Waals surface area contributed by atoms with Crippen molar-refractivity contribution in [2.75, 3.05) is 12.1 Å². The van der Waals surface area contributed by atoms with Crippen molar-refractivity contribution in [3.05, 3.63) is 28.6 Å². The molecule has 0 radical (unpaired) electrons. The molecule has 0 amide bonds. The van der Waals surface area contributed by atoms with Crippen molar-refractivity contribution in [2.45, 2.75) is 33.7 Å². The number of fused-ring (bicyclic) bond motifs is 2. The number of nitrogens with zero attached hydrogens (tertiary/aromatic N) is 4. The standard InChI is InChI=1S/C18H19Cl2N5O2/c1-9(18(2,3)4)23-16-14(15(20)24-17-21-7-22-25(16)17)10-5-12-13(6-11(10)19)27-8-26-12/h5-7,9,23H,8H2,1-4H3/t9-/m1/s1. The van der Waals surface area contributed by atoms with Crippen molar-refractivity contribution < 1.29 is 9.47 Å². The zero-order chi connectivity index (χ0) is 19.3. The Labute approximate surface area is 166 Å².